The molecule has 0 saturated heterocycles. The molecule has 4 nitrogen and oxygen atoms in total. The molecule has 0 aliphatic carbocycles. The van der Waals surface area contributed by atoms with Crippen molar-refractivity contribution < 1.29 is 13.2 Å². The van der Waals surface area contributed by atoms with Gasteiger partial charge in [0.2, 0.25) is 0 Å². The van der Waals surface area contributed by atoms with Gasteiger partial charge in [0.25, 0.3) is 0 Å². The first-order valence-electron chi connectivity index (χ1n) is 6.85. The van der Waals surface area contributed by atoms with Crippen molar-refractivity contribution in [3.8, 4) is 11.4 Å². The highest BCUT2D eigenvalue weighted by Crippen LogP contribution is 2.34. The highest BCUT2D eigenvalue weighted by molar-refractivity contribution is 5.63. The maximum atomic E-state index is 12.9. The molecule has 3 rings (SSSR count). The molecule has 0 bridgehead atoms. The van der Waals surface area contributed by atoms with Gasteiger partial charge in [0.05, 0.1) is 5.56 Å². The lowest BCUT2D eigenvalue weighted by Gasteiger charge is -2.11. The Morgan fingerprint density at radius 2 is 1.86 bits per heavy atom. The zero-order valence-corrected chi connectivity index (χ0v) is 11.3. The number of anilines is 1. The standard InChI is InChI=1S/C14H15F3N4/c15-14(16,17)10-6-9(7-11(18)8-10)13-20-19-12-4-2-1-3-5-21(12)13/h6-8H,1-5,18H2. The van der Waals surface area contributed by atoms with Crippen molar-refractivity contribution in [2.45, 2.75) is 38.4 Å². The van der Waals surface area contributed by atoms with Crippen molar-refractivity contribution in [2.75, 3.05) is 5.73 Å². The number of fused-ring (bicyclic) bond motifs is 1. The van der Waals surface area contributed by atoms with Crippen molar-refractivity contribution in [1.29, 1.82) is 0 Å². The second-order valence-electron chi connectivity index (χ2n) is 5.24. The number of aromatic nitrogens is 3. The van der Waals surface area contributed by atoms with Gasteiger partial charge >= 0.3 is 6.18 Å². The van der Waals surface area contributed by atoms with E-state index in [4.69, 9.17) is 5.73 Å². The molecule has 0 saturated carbocycles. The molecular weight excluding hydrogens is 281 g/mol. The number of alkyl halides is 3. The molecule has 0 atom stereocenters. The van der Waals surface area contributed by atoms with Crippen LogP contribution in [-0.4, -0.2) is 14.8 Å². The van der Waals surface area contributed by atoms with E-state index in [0.29, 0.717) is 11.4 Å². The van der Waals surface area contributed by atoms with E-state index in [0.717, 1.165) is 50.2 Å². The molecule has 1 aliphatic rings. The average molecular weight is 296 g/mol. The molecule has 0 fully saturated rings. The molecule has 2 aromatic rings. The fourth-order valence-corrected chi connectivity index (χ4v) is 2.64. The molecule has 2 heterocycles. The van der Waals surface area contributed by atoms with Crippen molar-refractivity contribution in [2.24, 2.45) is 0 Å². The first kappa shape index (κ1) is 13.9. The molecule has 21 heavy (non-hydrogen) atoms. The summed E-state index contributed by atoms with van der Waals surface area (Å²) < 4.78 is 40.6. The van der Waals surface area contributed by atoms with E-state index in [9.17, 15) is 13.2 Å². The molecule has 112 valence electrons. The van der Waals surface area contributed by atoms with Crippen LogP contribution in [0.4, 0.5) is 18.9 Å². The van der Waals surface area contributed by atoms with Crippen LogP contribution in [0.1, 0.15) is 30.7 Å². The third-order valence-corrected chi connectivity index (χ3v) is 3.65. The summed E-state index contributed by atoms with van der Waals surface area (Å²) in [6.07, 6.45) is -0.518. The van der Waals surface area contributed by atoms with Gasteiger partial charge in [-0.05, 0) is 31.0 Å². The van der Waals surface area contributed by atoms with Gasteiger partial charge in [0.1, 0.15) is 5.82 Å². The number of nitrogens with two attached hydrogens (primary N) is 1. The molecule has 0 radical (unpaired) electrons. The van der Waals surface area contributed by atoms with Gasteiger partial charge in [-0.2, -0.15) is 13.2 Å². The average Bonchev–Trinajstić information content (AvgIpc) is 2.66. The van der Waals surface area contributed by atoms with Crippen LogP contribution in [0.5, 0.6) is 0 Å². The second-order valence-corrected chi connectivity index (χ2v) is 5.24. The number of nitrogens with zero attached hydrogens (tertiary/aromatic N) is 3. The third kappa shape index (κ3) is 2.72. The number of hydrogen-bond acceptors (Lipinski definition) is 3. The van der Waals surface area contributed by atoms with Gasteiger partial charge in [0.15, 0.2) is 5.82 Å². The Kier molecular flexibility index (Phi) is 3.35. The van der Waals surface area contributed by atoms with E-state index in [1.165, 1.54) is 6.07 Å². The minimum atomic E-state index is -4.42. The van der Waals surface area contributed by atoms with Crippen molar-refractivity contribution in [3.63, 3.8) is 0 Å². The van der Waals surface area contributed by atoms with Crippen LogP contribution in [0.15, 0.2) is 18.2 Å². The van der Waals surface area contributed by atoms with Crippen LogP contribution in [0.2, 0.25) is 0 Å². The molecule has 1 aromatic heterocycles. The lowest BCUT2D eigenvalue weighted by Crippen LogP contribution is -2.08. The Morgan fingerprint density at radius 3 is 2.62 bits per heavy atom. The zero-order chi connectivity index (χ0) is 15.0. The Labute approximate surface area is 119 Å². The van der Waals surface area contributed by atoms with Gasteiger partial charge in [-0.1, -0.05) is 6.42 Å². The maximum absolute atomic E-state index is 12.9. The second kappa shape index (κ2) is 5.05. The summed E-state index contributed by atoms with van der Waals surface area (Å²) >= 11 is 0. The fraction of sp³-hybridized carbons (Fsp3) is 0.429. The van der Waals surface area contributed by atoms with Crippen molar-refractivity contribution >= 4 is 5.69 Å². The Morgan fingerprint density at radius 1 is 1.05 bits per heavy atom. The van der Waals surface area contributed by atoms with Crippen LogP contribution in [0.3, 0.4) is 0 Å². The molecule has 2 N–H and O–H groups in total. The number of benzene rings is 1. The van der Waals surface area contributed by atoms with Gasteiger partial charge < -0.3 is 10.3 Å². The lowest BCUT2D eigenvalue weighted by molar-refractivity contribution is -0.137. The monoisotopic (exact) mass is 296 g/mol. The summed E-state index contributed by atoms with van der Waals surface area (Å²) in [7, 11) is 0. The predicted octanol–water partition coefficient (Wildman–Crippen LogP) is 3.27. The zero-order valence-electron chi connectivity index (χ0n) is 11.3. The SMILES string of the molecule is Nc1cc(-c2nnc3n2CCCCC3)cc(C(F)(F)F)c1. The van der Waals surface area contributed by atoms with Crippen LogP contribution in [0.25, 0.3) is 11.4 Å². The molecule has 7 heteroatoms. The molecular formula is C14H15F3N4. The van der Waals surface area contributed by atoms with Gasteiger partial charge in [-0.3, -0.25) is 0 Å². The topological polar surface area (TPSA) is 56.7 Å². The van der Waals surface area contributed by atoms with E-state index in [1.54, 1.807) is 0 Å². The predicted molar refractivity (Wildman–Crippen MR) is 72.4 cm³/mol. The summed E-state index contributed by atoms with van der Waals surface area (Å²) in [5.74, 6) is 1.29. The third-order valence-electron chi connectivity index (χ3n) is 3.65. The highest BCUT2D eigenvalue weighted by atomic mass is 19.4. The number of aryl methyl sites for hydroxylation is 1. The number of hydrogen-bond donors (Lipinski definition) is 1. The first-order chi connectivity index (χ1) is 9.95. The van der Waals surface area contributed by atoms with Crippen LogP contribution in [0, 0.1) is 0 Å². The van der Waals surface area contributed by atoms with Gasteiger partial charge in [0, 0.05) is 24.2 Å². The first-order valence-corrected chi connectivity index (χ1v) is 6.85. The fourth-order valence-electron chi connectivity index (χ4n) is 2.64. The highest BCUT2D eigenvalue weighted by Gasteiger charge is 2.31. The van der Waals surface area contributed by atoms with E-state index in [2.05, 4.69) is 10.2 Å². The molecule has 1 aromatic carbocycles. The van der Waals surface area contributed by atoms with Crippen LogP contribution in [-0.2, 0) is 19.1 Å². The number of nitrogen functional groups attached to an aromatic ring is 1. The smallest absolute Gasteiger partial charge is 0.399 e. The molecule has 0 unspecified atom stereocenters. The molecule has 0 amide bonds. The van der Waals surface area contributed by atoms with Crippen molar-refractivity contribution in [3.05, 3.63) is 29.6 Å². The van der Waals surface area contributed by atoms with Crippen LogP contribution >= 0.6 is 0 Å². The Hall–Kier alpha value is -2.05. The van der Waals surface area contributed by atoms with E-state index >= 15 is 0 Å². The Balaban J connectivity index is 2.09. The van der Waals surface area contributed by atoms with Gasteiger partial charge in [-0.15, -0.1) is 10.2 Å². The normalized spacial score (nSPS) is 15.6. The summed E-state index contributed by atoms with van der Waals surface area (Å²) in [6, 6.07) is 3.53. The van der Waals surface area contributed by atoms with E-state index in [-0.39, 0.29) is 5.69 Å². The summed E-state index contributed by atoms with van der Waals surface area (Å²) in [6.45, 7) is 0.730. The van der Waals surface area contributed by atoms with Gasteiger partial charge in [-0.25, -0.2) is 0 Å². The van der Waals surface area contributed by atoms with Crippen molar-refractivity contribution in [1.82, 2.24) is 14.8 Å². The van der Waals surface area contributed by atoms with Crippen LogP contribution < -0.4 is 5.73 Å². The largest absolute Gasteiger partial charge is 0.416 e. The maximum Gasteiger partial charge on any atom is 0.416 e. The molecule has 0 spiro atoms. The van der Waals surface area contributed by atoms with E-state index < -0.39 is 11.7 Å². The number of rotatable bonds is 1. The molecule has 1 aliphatic heterocycles. The Bertz CT molecular complexity index is 661. The summed E-state index contributed by atoms with van der Waals surface area (Å²) in [4.78, 5) is 0. The summed E-state index contributed by atoms with van der Waals surface area (Å²) in [5, 5.41) is 8.17. The summed E-state index contributed by atoms with van der Waals surface area (Å²) in [5.41, 5.74) is 5.29. The van der Waals surface area contributed by atoms with E-state index in [1.807, 2.05) is 4.57 Å². The number of halogens is 3. The minimum absolute atomic E-state index is 0.0748. The quantitative estimate of drug-likeness (QED) is 0.822. The lowest BCUT2D eigenvalue weighted by atomic mass is 10.1. The minimum Gasteiger partial charge on any atom is -0.399 e.